The standard InChI is InChI=1S/C9H9NO.C2H6O.ClH/c11-9-6-5-7-3-1-2-4-8(7)10-9;1-2-3;/h1-4H,5-6H2,(H,10,11);3H,2H2,1H3;1H. The Morgan fingerprint density at radius 1 is 1.33 bits per heavy atom. The number of rotatable bonds is 0. The number of hydrogen-bond acceptors (Lipinski definition) is 2. The first-order valence-corrected chi connectivity index (χ1v) is 4.76. The summed E-state index contributed by atoms with van der Waals surface area (Å²) in [7, 11) is 0. The molecule has 0 atom stereocenters. The van der Waals surface area contributed by atoms with Gasteiger partial charge in [-0.1, -0.05) is 18.2 Å². The van der Waals surface area contributed by atoms with Crippen molar-refractivity contribution in [2.24, 2.45) is 0 Å². The second-order valence-electron chi connectivity index (χ2n) is 3.02. The number of aliphatic hydroxyl groups is 1. The molecule has 1 aromatic carbocycles. The summed E-state index contributed by atoms with van der Waals surface area (Å²) in [5.41, 5.74) is 2.22. The van der Waals surface area contributed by atoms with Gasteiger partial charge in [0.25, 0.3) is 0 Å². The Hall–Kier alpha value is -1.06. The average molecular weight is 230 g/mol. The minimum atomic E-state index is 0. The number of amides is 1. The second-order valence-corrected chi connectivity index (χ2v) is 3.02. The average Bonchev–Trinajstić information content (AvgIpc) is 2.19. The summed E-state index contributed by atoms with van der Waals surface area (Å²) < 4.78 is 0. The van der Waals surface area contributed by atoms with Gasteiger partial charge >= 0.3 is 0 Å². The number of anilines is 1. The number of carbonyl (C=O) groups is 1. The van der Waals surface area contributed by atoms with Crippen molar-refractivity contribution in [2.45, 2.75) is 19.8 Å². The van der Waals surface area contributed by atoms with Crippen LogP contribution in [0.2, 0.25) is 0 Å². The summed E-state index contributed by atoms with van der Waals surface area (Å²) in [5, 5.41) is 10.4. The number of aryl methyl sites for hydroxylation is 1. The van der Waals surface area contributed by atoms with E-state index < -0.39 is 0 Å². The maximum atomic E-state index is 10.9. The number of benzene rings is 1. The van der Waals surface area contributed by atoms with E-state index in [9.17, 15) is 4.79 Å². The van der Waals surface area contributed by atoms with E-state index >= 15 is 0 Å². The zero-order valence-corrected chi connectivity index (χ0v) is 9.51. The summed E-state index contributed by atoms with van der Waals surface area (Å²) in [4.78, 5) is 10.9. The van der Waals surface area contributed by atoms with E-state index in [2.05, 4.69) is 11.4 Å². The first kappa shape index (κ1) is 13.9. The van der Waals surface area contributed by atoms with Gasteiger partial charge in [0.05, 0.1) is 0 Å². The van der Waals surface area contributed by atoms with Crippen molar-refractivity contribution in [3.63, 3.8) is 0 Å². The summed E-state index contributed by atoms with van der Waals surface area (Å²) in [5.74, 6) is 0.128. The van der Waals surface area contributed by atoms with Gasteiger partial charge in [-0.3, -0.25) is 4.79 Å². The van der Waals surface area contributed by atoms with Crippen LogP contribution in [0, 0.1) is 0 Å². The van der Waals surface area contributed by atoms with Gasteiger partial charge in [0, 0.05) is 18.7 Å². The zero-order chi connectivity index (χ0) is 10.4. The molecule has 0 radical (unpaired) electrons. The van der Waals surface area contributed by atoms with Gasteiger partial charge in [0.1, 0.15) is 0 Å². The molecule has 0 saturated carbocycles. The van der Waals surface area contributed by atoms with E-state index in [1.165, 1.54) is 5.56 Å². The van der Waals surface area contributed by atoms with Gasteiger partial charge in [-0.05, 0) is 25.0 Å². The lowest BCUT2D eigenvalue weighted by Gasteiger charge is -2.15. The molecule has 0 bridgehead atoms. The molecule has 1 heterocycles. The second kappa shape index (κ2) is 7.26. The Labute approximate surface area is 95.9 Å². The van der Waals surface area contributed by atoms with Crippen LogP contribution in [0.15, 0.2) is 24.3 Å². The number of hydrogen-bond donors (Lipinski definition) is 2. The molecule has 84 valence electrons. The fraction of sp³-hybridized carbons (Fsp3) is 0.364. The Morgan fingerprint density at radius 2 is 1.93 bits per heavy atom. The number of halogens is 1. The Bertz CT molecular complexity index is 315. The molecule has 0 unspecified atom stereocenters. The van der Waals surface area contributed by atoms with E-state index in [1.807, 2.05) is 18.2 Å². The highest BCUT2D eigenvalue weighted by molar-refractivity contribution is 5.93. The van der Waals surface area contributed by atoms with Crippen molar-refractivity contribution in [1.29, 1.82) is 0 Å². The summed E-state index contributed by atoms with van der Waals surface area (Å²) >= 11 is 0. The smallest absolute Gasteiger partial charge is 0.224 e. The van der Waals surface area contributed by atoms with Gasteiger partial charge in [-0.2, -0.15) is 0 Å². The van der Waals surface area contributed by atoms with Gasteiger partial charge in [-0.15, -0.1) is 12.4 Å². The minimum Gasteiger partial charge on any atom is -0.397 e. The van der Waals surface area contributed by atoms with E-state index in [-0.39, 0.29) is 24.9 Å². The topological polar surface area (TPSA) is 49.3 Å². The Balaban J connectivity index is 0.000000443. The number of aliphatic hydroxyl groups excluding tert-OH is 1. The van der Waals surface area contributed by atoms with Gasteiger partial charge in [-0.25, -0.2) is 0 Å². The van der Waals surface area contributed by atoms with Gasteiger partial charge in [0.2, 0.25) is 5.91 Å². The lowest BCUT2D eigenvalue weighted by Crippen LogP contribution is -2.18. The predicted molar refractivity (Wildman–Crippen MR) is 63.4 cm³/mol. The normalized spacial score (nSPS) is 12.5. The van der Waals surface area contributed by atoms with Crippen LogP contribution in [-0.4, -0.2) is 17.6 Å². The first-order valence-electron chi connectivity index (χ1n) is 4.76. The fourth-order valence-electron chi connectivity index (χ4n) is 1.32. The molecule has 2 rings (SSSR count). The Morgan fingerprint density at radius 3 is 2.60 bits per heavy atom. The molecule has 4 heteroatoms. The third kappa shape index (κ3) is 4.32. The van der Waals surface area contributed by atoms with Crippen molar-refractivity contribution in [3.8, 4) is 0 Å². The van der Waals surface area contributed by atoms with Crippen molar-refractivity contribution < 1.29 is 9.90 Å². The molecule has 0 saturated heterocycles. The molecule has 2 N–H and O–H groups in total. The molecule has 1 aliphatic heterocycles. The molecule has 3 nitrogen and oxygen atoms in total. The molecule has 15 heavy (non-hydrogen) atoms. The maximum Gasteiger partial charge on any atom is 0.224 e. The van der Waals surface area contributed by atoms with Gasteiger partial charge < -0.3 is 10.4 Å². The van der Waals surface area contributed by atoms with Crippen LogP contribution in [0.3, 0.4) is 0 Å². The third-order valence-electron chi connectivity index (χ3n) is 1.91. The van der Waals surface area contributed by atoms with E-state index in [0.717, 1.165) is 12.1 Å². The van der Waals surface area contributed by atoms with Crippen LogP contribution in [0.4, 0.5) is 5.69 Å². The lowest BCUT2D eigenvalue weighted by atomic mass is 10.0. The molecule has 0 fully saturated rings. The van der Waals surface area contributed by atoms with Crippen LogP contribution in [0.5, 0.6) is 0 Å². The van der Waals surface area contributed by atoms with E-state index in [4.69, 9.17) is 5.11 Å². The highest BCUT2D eigenvalue weighted by Crippen LogP contribution is 2.20. The maximum absolute atomic E-state index is 10.9. The number of fused-ring (bicyclic) bond motifs is 1. The molecule has 0 aromatic heterocycles. The molecule has 0 spiro atoms. The summed E-state index contributed by atoms with van der Waals surface area (Å²) in [6, 6.07) is 7.92. The number of para-hydroxylation sites is 1. The molecule has 1 amide bonds. The van der Waals surface area contributed by atoms with Crippen molar-refractivity contribution in [1.82, 2.24) is 0 Å². The minimum absolute atomic E-state index is 0. The largest absolute Gasteiger partial charge is 0.397 e. The first-order chi connectivity index (χ1) is 6.77. The highest BCUT2D eigenvalue weighted by Gasteiger charge is 2.12. The zero-order valence-electron chi connectivity index (χ0n) is 8.69. The Kier molecular flexibility index (Phi) is 6.75. The van der Waals surface area contributed by atoms with Crippen molar-refractivity contribution in [2.75, 3.05) is 11.9 Å². The number of carbonyl (C=O) groups excluding carboxylic acids is 1. The van der Waals surface area contributed by atoms with E-state index in [0.29, 0.717) is 6.42 Å². The fourth-order valence-corrected chi connectivity index (χ4v) is 1.32. The summed E-state index contributed by atoms with van der Waals surface area (Å²) in [6.07, 6.45) is 1.50. The predicted octanol–water partition coefficient (Wildman–Crippen LogP) is 1.99. The lowest BCUT2D eigenvalue weighted by molar-refractivity contribution is -0.116. The molecule has 0 aliphatic carbocycles. The number of nitrogens with one attached hydrogen (secondary N) is 1. The molecule has 1 aromatic rings. The van der Waals surface area contributed by atoms with Crippen LogP contribution in [0.25, 0.3) is 0 Å². The molecular weight excluding hydrogens is 214 g/mol. The highest BCUT2D eigenvalue weighted by atomic mass is 35.5. The summed E-state index contributed by atoms with van der Waals surface area (Å²) in [6.45, 7) is 1.93. The molecular formula is C11H16ClNO2. The quantitative estimate of drug-likeness (QED) is 0.715. The van der Waals surface area contributed by atoms with Crippen LogP contribution in [-0.2, 0) is 11.2 Å². The van der Waals surface area contributed by atoms with Crippen LogP contribution >= 0.6 is 12.4 Å². The van der Waals surface area contributed by atoms with Crippen molar-refractivity contribution >= 4 is 24.0 Å². The van der Waals surface area contributed by atoms with E-state index in [1.54, 1.807) is 6.92 Å². The third-order valence-corrected chi connectivity index (χ3v) is 1.91. The van der Waals surface area contributed by atoms with Crippen LogP contribution < -0.4 is 5.32 Å². The monoisotopic (exact) mass is 229 g/mol. The van der Waals surface area contributed by atoms with Crippen molar-refractivity contribution in [3.05, 3.63) is 29.8 Å². The molecule has 1 aliphatic rings. The van der Waals surface area contributed by atoms with Crippen LogP contribution in [0.1, 0.15) is 18.9 Å². The SMILES string of the molecule is CCO.Cl.O=C1CCc2ccccc2N1. The van der Waals surface area contributed by atoms with Gasteiger partial charge in [0.15, 0.2) is 0 Å².